The quantitative estimate of drug-likeness (QED) is 0.214. The number of hydrogen-bond acceptors (Lipinski definition) is 11. The van der Waals surface area contributed by atoms with Crippen LogP contribution in [0, 0.1) is 5.41 Å². The zero-order valence-corrected chi connectivity index (χ0v) is 31.1. The van der Waals surface area contributed by atoms with E-state index < -0.39 is 24.4 Å². The number of nitrogens with one attached hydrogen (secondary N) is 1. The number of nitrogens with zero attached hydrogens (tertiary/aromatic N) is 7. The van der Waals surface area contributed by atoms with Gasteiger partial charge in [-0.25, -0.2) is 19.9 Å². The Morgan fingerprint density at radius 3 is 2.41 bits per heavy atom. The molecular formula is C35H40F3N8NaO4. The SMILES string of the molecule is COCC1(CN(C)c2cc(-c3cnc(C(F)(F)F)c(C4CC4)c3)nc3nc(-c4cnc(N5CCC(OCC(=O)[O-])CC5)cn4)[nH]c23)CCCC1.[Na+]. The minimum atomic E-state index is -4.53. The van der Waals surface area contributed by atoms with Gasteiger partial charge in [0.25, 0.3) is 0 Å². The van der Waals surface area contributed by atoms with Gasteiger partial charge < -0.3 is 34.2 Å². The van der Waals surface area contributed by atoms with Gasteiger partial charge in [-0.05, 0) is 62.1 Å². The minimum absolute atomic E-state index is 0. The summed E-state index contributed by atoms with van der Waals surface area (Å²) in [4.78, 5) is 41.2. The number of H-pyrrole nitrogens is 1. The van der Waals surface area contributed by atoms with Crippen molar-refractivity contribution in [2.45, 2.75) is 69.6 Å². The Morgan fingerprint density at radius 1 is 1.04 bits per heavy atom. The predicted octanol–water partition coefficient (Wildman–Crippen LogP) is 1.76. The van der Waals surface area contributed by atoms with Crippen molar-refractivity contribution in [2.75, 3.05) is 56.8 Å². The van der Waals surface area contributed by atoms with Gasteiger partial charge in [-0.15, -0.1) is 0 Å². The number of aromatic nitrogens is 6. The maximum atomic E-state index is 13.9. The van der Waals surface area contributed by atoms with Crippen molar-refractivity contribution in [3.8, 4) is 22.8 Å². The van der Waals surface area contributed by atoms with Gasteiger partial charge in [-0.1, -0.05) is 12.8 Å². The summed E-state index contributed by atoms with van der Waals surface area (Å²) < 4.78 is 52.6. The minimum Gasteiger partial charge on any atom is -0.548 e. The van der Waals surface area contributed by atoms with E-state index in [1.807, 2.05) is 13.1 Å². The van der Waals surface area contributed by atoms with E-state index in [9.17, 15) is 23.1 Å². The number of alkyl halides is 3. The molecule has 0 unspecified atom stereocenters. The van der Waals surface area contributed by atoms with Crippen molar-refractivity contribution in [1.82, 2.24) is 29.9 Å². The van der Waals surface area contributed by atoms with Crippen LogP contribution in [-0.2, 0) is 20.4 Å². The first-order valence-corrected chi connectivity index (χ1v) is 17.1. The molecule has 1 N–H and O–H groups in total. The first kappa shape index (κ1) is 37.4. The summed E-state index contributed by atoms with van der Waals surface area (Å²) in [5.41, 5.74) is 2.76. The number of imidazole rings is 1. The summed E-state index contributed by atoms with van der Waals surface area (Å²) >= 11 is 0. The molecule has 0 bridgehead atoms. The molecule has 1 saturated heterocycles. The fraction of sp³-hybridized carbons (Fsp3) is 0.543. The molecule has 0 spiro atoms. The molecule has 0 aromatic carbocycles. The standard InChI is InChI=1S/C35H41F3N8O4.Na/c1-45(19-34(20-49-2)9-3-4-10-34)27-14-25(22-13-24(21-5-6-21)31(41-15-22)35(36,37)38)42-33-30(27)43-32(44-33)26-16-40-28(17-39-26)46-11-7-23(8-12-46)50-18-29(47)48;/h13-17,21,23H,3-12,18-20H2,1-2H3,(H,47,48)(H,42,43,44);/q;+1/p-1. The van der Waals surface area contributed by atoms with Crippen LogP contribution in [0.2, 0.25) is 0 Å². The van der Waals surface area contributed by atoms with Crippen molar-refractivity contribution in [3.05, 3.63) is 42.0 Å². The topological polar surface area (TPSA) is 145 Å². The molecule has 0 amide bonds. The van der Waals surface area contributed by atoms with E-state index in [-0.39, 0.29) is 52.6 Å². The Hall–Kier alpha value is -3.37. The van der Waals surface area contributed by atoms with Gasteiger partial charge in [0.2, 0.25) is 0 Å². The zero-order valence-electron chi connectivity index (χ0n) is 29.1. The molecule has 2 aliphatic carbocycles. The molecule has 266 valence electrons. The second-order valence-corrected chi connectivity index (χ2v) is 13.9. The largest absolute Gasteiger partial charge is 1.00 e. The number of fused-ring (bicyclic) bond motifs is 1. The van der Waals surface area contributed by atoms with E-state index in [1.54, 1.807) is 25.6 Å². The Morgan fingerprint density at radius 2 is 1.78 bits per heavy atom. The summed E-state index contributed by atoms with van der Waals surface area (Å²) in [5, 5.41) is 10.7. The number of aromatic amines is 1. The molecule has 5 heterocycles. The molecule has 3 fully saturated rings. The van der Waals surface area contributed by atoms with Crippen molar-refractivity contribution >= 4 is 28.6 Å². The van der Waals surface area contributed by atoms with Gasteiger partial charge >= 0.3 is 35.7 Å². The van der Waals surface area contributed by atoms with E-state index in [2.05, 4.69) is 29.7 Å². The van der Waals surface area contributed by atoms with Crippen LogP contribution in [0.4, 0.5) is 24.7 Å². The van der Waals surface area contributed by atoms with Gasteiger partial charge in [-0.2, -0.15) is 13.2 Å². The average molecular weight is 717 g/mol. The molecule has 0 radical (unpaired) electrons. The number of hydrogen-bond donors (Lipinski definition) is 1. The number of ether oxygens (including phenoxy) is 2. The van der Waals surface area contributed by atoms with Gasteiger partial charge in [0.1, 0.15) is 22.7 Å². The van der Waals surface area contributed by atoms with Crippen molar-refractivity contribution in [1.29, 1.82) is 0 Å². The molecule has 1 aliphatic heterocycles. The molecule has 12 nitrogen and oxygen atoms in total. The van der Waals surface area contributed by atoms with E-state index in [1.165, 1.54) is 6.20 Å². The number of pyridine rings is 2. The average Bonchev–Trinajstić information content (AvgIpc) is 3.71. The number of carbonyl (C=O) groups is 1. The van der Waals surface area contributed by atoms with Crippen LogP contribution in [0.3, 0.4) is 0 Å². The van der Waals surface area contributed by atoms with Crippen molar-refractivity contribution in [2.24, 2.45) is 5.41 Å². The summed E-state index contributed by atoms with van der Waals surface area (Å²) in [6.07, 6.45) is 6.98. The molecule has 4 aromatic heterocycles. The first-order chi connectivity index (χ1) is 24.0. The Labute approximate surface area is 315 Å². The van der Waals surface area contributed by atoms with Crippen LogP contribution in [0.5, 0.6) is 0 Å². The maximum Gasteiger partial charge on any atom is 1.00 e. The van der Waals surface area contributed by atoms with Gasteiger partial charge in [0, 0.05) is 51.0 Å². The van der Waals surface area contributed by atoms with E-state index in [4.69, 9.17) is 19.4 Å². The van der Waals surface area contributed by atoms with Crippen LogP contribution in [0.25, 0.3) is 33.9 Å². The fourth-order valence-corrected chi connectivity index (χ4v) is 7.52. The van der Waals surface area contributed by atoms with Crippen LogP contribution in [0.15, 0.2) is 30.7 Å². The first-order valence-electron chi connectivity index (χ1n) is 17.1. The monoisotopic (exact) mass is 716 g/mol. The number of anilines is 2. The second kappa shape index (κ2) is 15.3. The van der Waals surface area contributed by atoms with Gasteiger partial charge in [-0.3, -0.25) is 4.98 Å². The number of carboxylic acid groups (broad SMARTS) is 1. The number of piperidine rings is 1. The summed E-state index contributed by atoms with van der Waals surface area (Å²) in [6.45, 7) is 2.22. The molecular weight excluding hydrogens is 676 g/mol. The predicted molar refractivity (Wildman–Crippen MR) is 177 cm³/mol. The van der Waals surface area contributed by atoms with E-state index >= 15 is 0 Å². The van der Waals surface area contributed by atoms with Crippen LogP contribution < -0.4 is 44.5 Å². The van der Waals surface area contributed by atoms with E-state index in [0.717, 1.165) is 37.9 Å². The van der Waals surface area contributed by atoms with Crippen LogP contribution >= 0.6 is 0 Å². The summed E-state index contributed by atoms with van der Waals surface area (Å²) in [6, 6.07) is 3.49. The normalized spacial score (nSPS) is 17.9. The number of halogens is 3. The third-order valence-corrected chi connectivity index (χ3v) is 10.1. The van der Waals surface area contributed by atoms with Crippen LogP contribution in [0.1, 0.15) is 68.5 Å². The molecule has 51 heavy (non-hydrogen) atoms. The van der Waals surface area contributed by atoms with Crippen LogP contribution in [-0.4, -0.2) is 89.0 Å². The van der Waals surface area contributed by atoms with E-state index in [0.29, 0.717) is 85.1 Å². The van der Waals surface area contributed by atoms with Crippen molar-refractivity contribution in [3.63, 3.8) is 0 Å². The maximum absolute atomic E-state index is 13.9. The Balaban J connectivity index is 0.00000448. The number of rotatable bonds is 12. The molecule has 16 heteroatoms. The molecule has 7 rings (SSSR count). The van der Waals surface area contributed by atoms with Gasteiger partial charge in [0.05, 0.1) is 49.1 Å². The third kappa shape index (κ3) is 8.32. The zero-order chi connectivity index (χ0) is 35.0. The third-order valence-electron chi connectivity index (χ3n) is 10.1. The number of aliphatic carboxylic acids is 1. The molecule has 4 aromatic rings. The smallest absolute Gasteiger partial charge is 0.548 e. The summed E-state index contributed by atoms with van der Waals surface area (Å²) in [7, 11) is 3.74. The molecule has 2 saturated carbocycles. The second-order valence-electron chi connectivity index (χ2n) is 13.9. The number of carboxylic acids is 1. The summed E-state index contributed by atoms with van der Waals surface area (Å²) in [5.74, 6) is -0.239. The molecule has 0 atom stereocenters. The van der Waals surface area contributed by atoms with Crippen molar-refractivity contribution < 1.29 is 62.1 Å². The Bertz CT molecular complexity index is 1840. The molecule has 3 aliphatic rings. The fourth-order valence-electron chi connectivity index (χ4n) is 7.52. The number of carbonyl (C=O) groups excluding carboxylic acids is 1. The van der Waals surface area contributed by atoms with Gasteiger partial charge in [0.15, 0.2) is 11.5 Å². The Kier molecular flexibility index (Phi) is 11.2. The number of methoxy groups -OCH3 is 1.